The molecule has 6 heteroatoms. The molecule has 0 amide bonds. The summed E-state index contributed by atoms with van der Waals surface area (Å²) < 4.78 is 15.7. The molecule has 122 valence electrons. The molecule has 0 fully saturated rings. The predicted molar refractivity (Wildman–Crippen MR) is 91.1 cm³/mol. The Labute approximate surface area is 139 Å². The second-order valence-corrected chi connectivity index (χ2v) is 5.49. The fourth-order valence-electron chi connectivity index (χ4n) is 2.76. The molecule has 2 heterocycles. The number of hydrogen-bond donors (Lipinski definition) is 1. The van der Waals surface area contributed by atoms with Crippen LogP contribution in [0.3, 0.4) is 0 Å². The zero-order chi connectivity index (χ0) is 16.9. The Kier molecular flexibility index (Phi) is 4.71. The van der Waals surface area contributed by atoms with Crippen LogP contribution in [0.15, 0.2) is 36.8 Å². The molecule has 24 heavy (non-hydrogen) atoms. The van der Waals surface area contributed by atoms with Crippen LogP contribution >= 0.6 is 0 Å². The minimum Gasteiger partial charge on any atom is -0.383 e. The number of nitriles is 1. The lowest BCUT2D eigenvalue weighted by atomic mass is 10.1. The lowest BCUT2D eigenvalue weighted by Gasteiger charge is -2.12. The number of benzene rings is 1. The fraction of sp³-hybridized carbons (Fsp3) is 0.278. The van der Waals surface area contributed by atoms with Gasteiger partial charge in [-0.15, -0.1) is 0 Å². The van der Waals surface area contributed by atoms with E-state index in [2.05, 4.69) is 32.8 Å². The minimum absolute atomic E-state index is 0.339. The number of nitrogens with one attached hydrogen (secondary N) is 1. The number of halogens is 1. The van der Waals surface area contributed by atoms with E-state index >= 15 is 0 Å². The molecular weight excluding hydrogens is 305 g/mol. The van der Waals surface area contributed by atoms with E-state index in [9.17, 15) is 9.65 Å². The van der Waals surface area contributed by atoms with Crippen molar-refractivity contribution in [3.63, 3.8) is 0 Å². The first-order chi connectivity index (χ1) is 11.7. The molecule has 0 unspecified atom stereocenters. The molecule has 5 nitrogen and oxygen atoms in total. The molecule has 3 rings (SSSR count). The van der Waals surface area contributed by atoms with Crippen molar-refractivity contribution < 1.29 is 4.39 Å². The first kappa shape index (κ1) is 15.9. The summed E-state index contributed by atoms with van der Waals surface area (Å²) >= 11 is 0. The van der Waals surface area contributed by atoms with E-state index in [-0.39, 0.29) is 5.82 Å². The summed E-state index contributed by atoms with van der Waals surface area (Å²) in [5, 5.41) is 13.2. The van der Waals surface area contributed by atoms with Crippen molar-refractivity contribution in [3.05, 3.63) is 54.0 Å². The predicted octanol–water partition coefficient (Wildman–Crippen LogP) is 3.51. The molecule has 0 saturated heterocycles. The van der Waals surface area contributed by atoms with E-state index in [1.807, 2.05) is 6.20 Å². The van der Waals surface area contributed by atoms with E-state index in [1.54, 1.807) is 12.3 Å². The maximum atomic E-state index is 13.6. The topological polar surface area (TPSA) is 66.5 Å². The second kappa shape index (κ2) is 7.09. The van der Waals surface area contributed by atoms with Gasteiger partial charge in [0.25, 0.3) is 0 Å². The van der Waals surface area contributed by atoms with E-state index in [0.717, 1.165) is 25.2 Å². The lowest BCUT2D eigenvalue weighted by Crippen LogP contribution is -2.09. The quantitative estimate of drug-likeness (QED) is 0.705. The smallest absolute Gasteiger partial charge is 0.124 e. The molecule has 0 saturated carbocycles. The van der Waals surface area contributed by atoms with Gasteiger partial charge in [0.05, 0.1) is 16.8 Å². The largest absolute Gasteiger partial charge is 0.383 e. The molecule has 3 aromatic rings. The van der Waals surface area contributed by atoms with Gasteiger partial charge in [0, 0.05) is 43.5 Å². The molecule has 0 radical (unpaired) electrons. The number of nitrogens with zero attached hydrogens (tertiary/aromatic N) is 4. The van der Waals surface area contributed by atoms with Crippen molar-refractivity contribution in [1.82, 2.24) is 14.5 Å². The van der Waals surface area contributed by atoms with Crippen molar-refractivity contribution in [2.45, 2.75) is 26.3 Å². The Morgan fingerprint density at radius 3 is 3.00 bits per heavy atom. The average Bonchev–Trinajstić information content (AvgIpc) is 3.06. The number of aryl methyl sites for hydroxylation is 2. The van der Waals surface area contributed by atoms with Gasteiger partial charge >= 0.3 is 0 Å². The minimum atomic E-state index is -0.339. The van der Waals surface area contributed by atoms with Crippen molar-refractivity contribution in [3.8, 4) is 6.07 Å². The zero-order valence-electron chi connectivity index (χ0n) is 13.5. The summed E-state index contributed by atoms with van der Waals surface area (Å²) in [5.41, 5.74) is 1.73. The Morgan fingerprint density at radius 1 is 1.33 bits per heavy atom. The van der Waals surface area contributed by atoms with Gasteiger partial charge in [-0.25, -0.2) is 9.37 Å². The molecule has 1 N–H and O–H groups in total. The molecular formula is C18H18FN5. The normalized spacial score (nSPS) is 10.7. The molecule has 0 bridgehead atoms. The number of rotatable bonds is 6. The van der Waals surface area contributed by atoms with Crippen LogP contribution in [0.4, 0.5) is 10.1 Å². The number of imidazole rings is 1. The van der Waals surface area contributed by atoms with Gasteiger partial charge in [0.1, 0.15) is 17.7 Å². The SMILES string of the molecule is CCc1nccn1CCCNc1c(C#N)cnc2ccc(F)cc12. The number of aromatic nitrogens is 3. The molecule has 2 aromatic heterocycles. The third-order valence-electron chi connectivity index (χ3n) is 3.95. The number of anilines is 1. The highest BCUT2D eigenvalue weighted by atomic mass is 19.1. The van der Waals surface area contributed by atoms with Crippen LogP contribution < -0.4 is 5.32 Å². The van der Waals surface area contributed by atoms with Crippen LogP contribution in [-0.2, 0) is 13.0 Å². The third-order valence-corrected chi connectivity index (χ3v) is 3.95. The first-order valence-corrected chi connectivity index (χ1v) is 7.95. The Hall–Kier alpha value is -2.94. The maximum absolute atomic E-state index is 13.6. The highest BCUT2D eigenvalue weighted by molar-refractivity contribution is 5.93. The van der Waals surface area contributed by atoms with Gasteiger partial charge < -0.3 is 9.88 Å². The zero-order valence-corrected chi connectivity index (χ0v) is 13.5. The van der Waals surface area contributed by atoms with E-state index < -0.39 is 0 Å². The van der Waals surface area contributed by atoms with Crippen LogP contribution in [-0.4, -0.2) is 21.1 Å². The van der Waals surface area contributed by atoms with Gasteiger partial charge in [0.2, 0.25) is 0 Å². The highest BCUT2D eigenvalue weighted by Crippen LogP contribution is 2.26. The molecule has 0 aliphatic heterocycles. The van der Waals surface area contributed by atoms with Gasteiger partial charge in [-0.3, -0.25) is 4.98 Å². The van der Waals surface area contributed by atoms with Gasteiger partial charge in [-0.05, 0) is 24.6 Å². The van der Waals surface area contributed by atoms with Gasteiger partial charge in [-0.2, -0.15) is 5.26 Å². The van der Waals surface area contributed by atoms with Crippen molar-refractivity contribution in [1.29, 1.82) is 5.26 Å². The lowest BCUT2D eigenvalue weighted by molar-refractivity contribution is 0.628. The monoisotopic (exact) mass is 323 g/mol. The van der Waals surface area contributed by atoms with Crippen molar-refractivity contribution in [2.24, 2.45) is 0 Å². The summed E-state index contributed by atoms with van der Waals surface area (Å²) in [4.78, 5) is 8.50. The molecule has 0 aliphatic rings. The van der Waals surface area contributed by atoms with E-state index in [4.69, 9.17) is 0 Å². The van der Waals surface area contributed by atoms with Crippen molar-refractivity contribution in [2.75, 3.05) is 11.9 Å². The van der Waals surface area contributed by atoms with Gasteiger partial charge in [0.15, 0.2) is 0 Å². The Bertz CT molecular complexity index is 894. The molecule has 0 spiro atoms. The Balaban J connectivity index is 1.75. The molecule has 1 aromatic carbocycles. The molecule has 0 aliphatic carbocycles. The van der Waals surface area contributed by atoms with Gasteiger partial charge in [-0.1, -0.05) is 6.92 Å². The Morgan fingerprint density at radius 2 is 2.21 bits per heavy atom. The van der Waals surface area contributed by atoms with Crippen molar-refractivity contribution >= 4 is 16.6 Å². The summed E-state index contributed by atoms with van der Waals surface area (Å²) in [6.07, 6.45) is 7.06. The fourth-order valence-corrected chi connectivity index (χ4v) is 2.76. The summed E-state index contributed by atoms with van der Waals surface area (Å²) in [6, 6.07) is 6.52. The average molecular weight is 323 g/mol. The van der Waals surface area contributed by atoms with E-state index in [1.165, 1.54) is 18.3 Å². The molecule has 0 atom stereocenters. The highest BCUT2D eigenvalue weighted by Gasteiger charge is 2.09. The van der Waals surface area contributed by atoms with Crippen LogP contribution in [0.2, 0.25) is 0 Å². The van der Waals surface area contributed by atoms with Crippen LogP contribution in [0.25, 0.3) is 10.9 Å². The summed E-state index contributed by atoms with van der Waals surface area (Å²) in [5.74, 6) is 0.720. The van der Waals surface area contributed by atoms with Crippen LogP contribution in [0.5, 0.6) is 0 Å². The van der Waals surface area contributed by atoms with E-state index in [0.29, 0.717) is 28.7 Å². The third kappa shape index (κ3) is 3.20. The standard InChI is InChI=1S/C18H18FN5/c1-2-17-21-7-9-24(17)8-3-6-22-18-13(11-20)12-23-16-5-4-14(19)10-15(16)18/h4-5,7,9-10,12H,2-3,6,8H2,1H3,(H,22,23). The summed E-state index contributed by atoms with van der Waals surface area (Å²) in [7, 11) is 0. The number of hydrogen-bond acceptors (Lipinski definition) is 4. The second-order valence-electron chi connectivity index (χ2n) is 5.49. The first-order valence-electron chi connectivity index (χ1n) is 7.95. The van der Waals surface area contributed by atoms with Crippen LogP contribution in [0.1, 0.15) is 24.7 Å². The van der Waals surface area contributed by atoms with Crippen LogP contribution in [0, 0.1) is 17.1 Å². The number of pyridine rings is 1. The summed E-state index contributed by atoms with van der Waals surface area (Å²) in [6.45, 7) is 3.59. The maximum Gasteiger partial charge on any atom is 0.124 e. The number of fused-ring (bicyclic) bond motifs is 1.